The lowest BCUT2D eigenvalue weighted by atomic mass is 10.0. The number of ketones is 1. The second-order valence-electron chi connectivity index (χ2n) is 2.96. The average Bonchev–Trinajstić information content (AvgIpc) is 2.23. The van der Waals surface area contributed by atoms with Gasteiger partial charge in [0.05, 0.1) is 5.71 Å². The average molecular weight is 206 g/mol. The fourth-order valence-corrected chi connectivity index (χ4v) is 1.56. The molecule has 1 heterocycles. The van der Waals surface area contributed by atoms with Crippen LogP contribution in [0.2, 0.25) is 0 Å². The molecule has 1 atom stereocenters. The van der Waals surface area contributed by atoms with Gasteiger partial charge in [-0.3, -0.25) is 9.79 Å². The van der Waals surface area contributed by atoms with Crippen molar-refractivity contribution in [1.82, 2.24) is 0 Å². The van der Waals surface area contributed by atoms with E-state index >= 15 is 0 Å². The molecule has 14 heavy (non-hydrogen) atoms. The molecule has 70 valence electrons. The lowest BCUT2D eigenvalue weighted by Gasteiger charge is -2.12. The number of carbonyl (C=O) groups excluding carboxylic acids is 1. The SMILES string of the molecule is O=C1C=CN=C(c2ccccc2)C1Cl. The molecule has 2 nitrogen and oxygen atoms in total. The number of nitrogens with zero attached hydrogens (tertiary/aromatic N) is 1. The van der Waals surface area contributed by atoms with E-state index in [9.17, 15) is 4.79 Å². The summed E-state index contributed by atoms with van der Waals surface area (Å²) < 4.78 is 0. The number of carbonyl (C=O) groups is 1. The molecular weight excluding hydrogens is 198 g/mol. The lowest BCUT2D eigenvalue weighted by molar-refractivity contribution is -0.113. The first-order valence-corrected chi connectivity index (χ1v) is 4.70. The zero-order valence-electron chi connectivity index (χ0n) is 7.35. The summed E-state index contributed by atoms with van der Waals surface area (Å²) in [7, 11) is 0. The summed E-state index contributed by atoms with van der Waals surface area (Å²) in [6.45, 7) is 0. The molecule has 0 aromatic heterocycles. The first kappa shape index (κ1) is 9.16. The van der Waals surface area contributed by atoms with Gasteiger partial charge in [0.25, 0.3) is 0 Å². The van der Waals surface area contributed by atoms with Gasteiger partial charge in [-0.1, -0.05) is 30.3 Å². The molecule has 0 spiro atoms. The molecule has 0 amide bonds. The van der Waals surface area contributed by atoms with Crippen molar-refractivity contribution in [3.8, 4) is 0 Å². The van der Waals surface area contributed by atoms with Crippen LogP contribution in [0.1, 0.15) is 5.56 Å². The second-order valence-corrected chi connectivity index (χ2v) is 3.40. The Labute approximate surface area is 86.9 Å². The maximum absolute atomic E-state index is 11.3. The molecule has 1 aromatic rings. The molecule has 1 aromatic carbocycles. The van der Waals surface area contributed by atoms with E-state index in [1.807, 2.05) is 30.3 Å². The Hall–Kier alpha value is -1.41. The van der Waals surface area contributed by atoms with Crippen LogP contribution in [0.5, 0.6) is 0 Å². The van der Waals surface area contributed by atoms with Gasteiger partial charge < -0.3 is 0 Å². The summed E-state index contributed by atoms with van der Waals surface area (Å²) in [6.07, 6.45) is 2.88. The number of hydrogen-bond acceptors (Lipinski definition) is 2. The van der Waals surface area contributed by atoms with Crippen molar-refractivity contribution in [2.45, 2.75) is 5.38 Å². The summed E-state index contributed by atoms with van der Waals surface area (Å²) in [6, 6.07) is 9.48. The normalized spacial score (nSPS) is 20.8. The van der Waals surface area contributed by atoms with Gasteiger partial charge in [-0.2, -0.15) is 0 Å². The quantitative estimate of drug-likeness (QED) is 0.647. The largest absolute Gasteiger partial charge is 0.293 e. The van der Waals surface area contributed by atoms with Crippen molar-refractivity contribution < 1.29 is 4.79 Å². The highest BCUT2D eigenvalue weighted by molar-refractivity contribution is 6.47. The number of halogens is 1. The molecule has 1 unspecified atom stereocenters. The van der Waals surface area contributed by atoms with Crippen molar-refractivity contribution >= 4 is 23.1 Å². The van der Waals surface area contributed by atoms with Crippen molar-refractivity contribution in [2.24, 2.45) is 4.99 Å². The molecule has 2 rings (SSSR count). The zero-order valence-corrected chi connectivity index (χ0v) is 8.11. The van der Waals surface area contributed by atoms with Crippen LogP contribution in [0.4, 0.5) is 0 Å². The third-order valence-electron chi connectivity index (χ3n) is 2.01. The van der Waals surface area contributed by atoms with Gasteiger partial charge in [-0.25, -0.2) is 0 Å². The number of hydrogen-bond donors (Lipinski definition) is 0. The molecule has 1 aliphatic heterocycles. The third kappa shape index (κ3) is 1.61. The molecule has 0 N–H and O–H groups in total. The van der Waals surface area contributed by atoms with E-state index in [-0.39, 0.29) is 5.78 Å². The second kappa shape index (κ2) is 3.76. The van der Waals surface area contributed by atoms with Gasteiger partial charge >= 0.3 is 0 Å². The van der Waals surface area contributed by atoms with Gasteiger partial charge in [0.2, 0.25) is 0 Å². The van der Waals surface area contributed by atoms with E-state index in [0.29, 0.717) is 5.71 Å². The van der Waals surface area contributed by atoms with Gasteiger partial charge in [0.1, 0.15) is 5.38 Å². The zero-order chi connectivity index (χ0) is 9.97. The van der Waals surface area contributed by atoms with Crippen LogP contribution in [0, 0.1) is 0 Å². The van der Waals surface area contributed by atoms with Gasteiger partial charge in [0.15, 0.2) is 5.78 Å². The van der Waals surface area contributed by atoms with E-state index in [4.69, 9.17) is 11.6 Å². The number of aliphatic imine (C=N–C) groups is 1. The van der Waals surface area contributed by atoms with Crippen LogP contribution in [-0.4, -0.2) is 16.9 Å². The van der Waals surface area contributed by atoms with Crippen molar-refractivity contribution in [3.63, 3.8) is 0 Å². The molecular formula is C11H8ClNO. The van der Waals surface area contributed by atoms with Crippen LogP contribution in [-0.2, 0) is 4.79 Å². The van der Waals surface area contributed by atoms with Crippen LogP contribution < -0.4 is 0 Å². The topological polar surface area (TPSA) is 29.4 Å². The standard InChI is InChI=1S/C11H8ClNO/c12-10-9(14)6-7-13-11(10)8-4-2-1-3-5-8/h1-7,10H. The molecule has 0 saturated heterocycles. The predicted molar refractivity (Wildman–Crippen MR) is 56.8 cm³/mol. The summed E-state index contributed by atoms with van der Waals surface area (Å²) in [5, 5.41) is -0.651. The smallest absolute Gasteiger partial charge is 0.181 e. The Kier molecular flexibility index (Phi) is 2.46. The lowest BCUT2D eigenvalue weighted by Crippen LogP contribution is -2.26. The number of allylic oxidation sites excluding steroid dienone is 1. The molecule has 1 aliphatic rings. The molecule has 0 fully saturated rings. The Morgan fingerprint density at radius 3 is 2.64 bits per heavy atom. The molecule has 0 radical (unpaired) electrons. The Bertz CT molecular complexity index is 409. The highest BCUT2D eigenvalue weighted by Crippen LogP contribution is 2.14. The molecule has 0 bridgehead atoms. The minimum absolute atomic E-state index is 0.111. The summed E-state index contributed by atoms with van der Waals surface area (Å²) >= 11 is 5.94. The fraction of sp³-hybridized carbons (Fsp3) is 0.0909. The van der Waals surface area contributed by atoms with Crippen LogP contribution in [0.3, 0.4) is 0 Å². The highest BCUT2D eigenvalue weighted by Gasteiger charge is 2.22. The summed E-state index contributed by atoms with van der Waals surface area (Å²) in [5.74, 6) is -0.111. The van der Waals surface area contributed by atoms with Gasteiger partial charge in [-0.05, 0) is 5.56 Å². The first-order chi connectivity index (χ1) is 6.79. The summed E-state index contributed by atoms with van der Waals surface area (Å²) in [4.78, 5) is 15.4. The van der Waals surface area contributed by atoms with Crippen molar-refractivity contribution in [3.05, 3.63) is 48.2 Å². The predicted octanol–water partition coefficient (Wildman–Crippen LogP) is 2.18. The summed E-state index contributed by atoms with van der Waals surface area (Å²) in [5.41, 5.74) is 1.52. The minimum Gasteiger partial charge on any atom is -0.293 e. The van der Waals surface area contributed by atoms with E-state index < -0.39 is 5.38 Å². The van der Waals surface area contributed by atoms with E-state index in [1.165, 1.54) is 12.3 Å². The van der Waals surface area contributed by atoms with Crippen LogP contribution in [0.25, 0.3) is 0 Å². The van der Waals surface area contributed by atoms with Gasteiger partial charge in [0, 0.05) is 12.3 Å². The Morgan fingerprint density at radius 1 is 1.21 bits per heavy atom. The monoisotopic (exact) mass is 205 g/mol. The number of benzene rings is 1. The minimum atomic E-state index is -0.651. The fourth-order valence-electron chi connectivity index (χ4n) is 1.31. The van der Waals surface area contributed by atoms with E-state index in [1.54, 1.807) is 0 Å². The first-order valence-electron chi connectivity index (χ1n) is 4.26. The Morgan fingerprint density at radius 2 is 1.93 bits per heavy atom. The van der Waals surface area contributed by atoms with Gasteiger partial charge in [-0.15, -0.1) is 11.6 Å². The molecule has 3 heteroatoms. The van der Waals surface area contributed by atoms with Crippen molar-refractivity contribution in [1.29, 1.82) is 0 Å². The number of alkyl halides is 1. The van der Waals surface area contributed by atoms with Crippen LogP contribution in [0.15, 0.2) is 47.6 Å². The molecule has 0 saturated carbocycles. The van der Waals surface area contributed by atoms with Crippen LogP contribution >= 0.6 is 11.6 Å². The maximum atomic E-state index is 11.3. The Balaban J connectivity index is 2.40. The van der Waals surface area contributed by atoms with E-state index in [0.717, 1.165) is 5.56 Å². The van der Waals surface area contributed by atoms with Crippen molar-refractivity contribution in [2.75, 3.05) is 0 Å². The number of rotatable bonds is 1. The highest BCUT2D eigenvalue weighted by atomic mass is 35.5. The van der Waals surface area contributed by atoms with E-state index in [2.05, 4.69) is 4.99 Å². The third-order valence-corrected chi connectivity index (χ3v) is 2.43. The maximum Gasteiger partial charge on any atom is 0.181 e. The molecule has 0 aliphatic carbocycles.